The lowest BCUT2D eigenvalue weighted by atomic mass is 9.81. The predicted octanol–water partition coefficient (Wildman–Crippen LogP) is 2.57. The van der Waals surface area contributed by atoms with Crippen LogP contribution < -0.4 is 10.1 Å². The number of ether oxygens (including phenoxy) is 1. The Hall–Kier alpha value is -3.09. The van der Waals surface area contributed by atoms with Crippen molar-refractivity contribution in [3.05, 3.63) is 41.3 Å². The van der Waals surface area contributed by atoms with Gasteiger partial charge in [-0.05, 0) is 68.1 Å². The number of methoxy groups -OCH3 is 1. The number of nitrogens with zero attached hydrogens (tertiary/aromatic N) is 5. The second-order valence-electron chi connectivity index (χ2n) is 10.0. The van der Waals surface area contributed by atoms with Crippen LogP contribution >= 0.6 is 0 Å². The average molecular weight is 514 g/mol. The third-order valence-corrected chi connectivity index (χ3v) is 9.16. The van der Waals surface area contributed by atoms with Crippen LogP contribution in [0.2, 0.25) is 0 Å². The molecule has 3 aromatic rings. The molecule has 6 rings (SSSR count). The van der Waals surface area contributed by atoms with Gasteiger partial charge in [-0.3, -0.25) is 4.98 Å². The summed E-state index contributed by atoms with van der Waals surface area (Å²) in [4.78, 5) is 9.22. The van der Waals surface area contributed by atoms with Crippen molar-refractivity contribution < 1.29 is 17.5 Å². The Morgan fingerprint density at radius 2 is 1.97 bits per heavy atom. The summed E-state index contributed by atoms with van der Waals surface area (Å²) in [6.07, 6.45) is 4.79. The highest BCUT2D eigenvalue weighted by atomic mass is 32.2. The number of H-pyrrole nitrogens is 1. The first-order valence-electron chi connectivity index (χ1n) is 12.0. The molecule has 1 aromatic carbocycles. The molecule has 0 atom stereocenters. The Balaban J connectivity index is 1.30. The number of aromatic amines is 1. The first-order valence-corrected chi connectivity index (χ1v) is 13.5. The summed E-state index contributed by atoms with van der Waals surface area (Å²) in [5.41, 5.74) is 3.58. The zero-order valence-electron chi connectivity index (χ0n) is 20.2. The molecule has 0 bridgehead atoms. The lowest BCUT2D eigenvalue weighted by molar-refractivity contribution is 0.0807. The number of benzene rings is 1. The zero-order chi connectivity index (χ0) is 25.1. The molecule has 0 saturated carbocycles. The van der Waals surface area contributed by atoms with Gasteiger partial charge in [0.15, 0.2) is 0 Å². The molecular formula is C24H28FN7O3S. The summed E-state index contributed by atoms with van der Waals surface area (Å²) in [7, 11) is -0.201. The Bertz CT molecular complexity index is 1440. The van der Waals surface area contributed by atoms with Gasteiger partial charge in [0, 0.05) is 42.9 Å². The number of sulfonamides is 1. The van der Waals surface area contributed by atoms with Gasteiger partial charge in [0.25, 0.3) is 15.2 Å². The SMILES string of the molecule is COc1cc(-c2cc(F)c3c(c2Nc2nnc(S(=O)(=O)N4CC5(CCN(C)C5)C4)[nH]2)CCC3)ccn1. The predicted molar refractivity (Wildman–Crippen MR) is 131 cm³/mol. The van der Waals surface area contributed by atoms with E-state index in [0.717, 1.165) is 37.1 Å². The molecule has 12 heteroatoms. The van der Waals surface area contributed by atoms with Gasteiger partial charge in [0.05, 0.1) is 12.8 Å². The van der Waals surface area contributed by atoms with E-state index in [2.05, 4.69) is 37.4 Å². The van der Waals surface area contributed by atoms with Crippen molar-refractivity contribution in [2.45, 2.75) is 30.8 Å². The van der Waals surface area contributed by atoms with Crippen molar-refractivity contribution in [2.24, 2.45) is 5.41 Å². The summed E-state index contributed by atoms with van der Waals surface area (Å²) >= 11 is 0. The lowest BCUT2D eigenvalue weighted by Gasteiger charge is -2.46. The van der Waals surface area contributed by atoms with Crippen molar-refractivity contribution in [3.63, 3.8) is 0 Å². The van der Waals surface area contributed by atoms with Crippen molar-refractivity contribution in [3.8, 4) is 17.0 Å². The smallest absolute Gasteiger partial charge is 0.278 e. The summed E-state index contributed by atoms with van der Waals surface area (Å²) in [6, 6.07) is 5.01. The molecule has 2 aliphatic heterocycles. The Morgan fingerprint density at radius 1 is 1.17 bits per heavy atom. The molecule has 1 spiro atoms. The number of aromatic nitrogens is 4. The van der Waals surface area contributed by atoms with E-state index in [1.807, 2.05) is 0 Å². The van der Waals surface area contributed by atoms with E-state index in [-0.39, 0.29) is 22.3 Å². The van der Waals surface area contributed by atoms with Gasteiger partial charge in [-0.15, -0.1) is 10.2 Å². The van der Waals surface area contributed by atoms with E-state index in [9.17, 15) is 12.8 Å². The fourth-order valence-corrected chi connectivity index (χ4v) is 7.24. The molecule has 1 aliphatic carbocycles. The highest BCUT2D eigenvalue weighted by molar-refractivity contribution is 7.89. The third-order valence-electron chi connectivity index (χ3n) is 7.55. The molecule has 10 nitrogen and oxygen atoms in total. The van der Waals surface area contributed by atoms with Gasteiger partial charge in [0.2, 0.25) is 11.8 Å². The molecule has 2 aromatic heterocycles. The third kappa shape index (κ3) is 3.84. The number of fused-ring (bicyclic) bond motifs is 1. The highest BCUT2D eigenvalue weighted by Crippen LogP contribution is 2.42. The normalized spacial score (nSPS) is 19.4. The van der Waals surface area contributed by atoms with E-state index in [1.54, 1.807) is 18.3 Å². The molecule has 0 radical (unpaired) electrons. The van der Waals surface area contributed by atoms with Crippen LogP contribution in [0.25, 0.3) is 11.1 Å². The van der Waals surface area contributed by atoms with Gasteiger partial charge >= 0.3 is 0 Å². The topological polar surface area (TPSA) is 116 Å². The Kier molecular flexibility index (Phi) is 5.50. The van der Waals surface area contributed by atoms with E-state index in [0.29, 0.717) is 48.6 Å². The second kappa shape index (κ2) is 8.49. The summed E-state index contributed by atoms with van der Waals surface area (Å²) < 4.78 is 48.0. The van der Waals surface area contributed by atoms with Crippen LogP contribution in [0, 0.1) is 11.2 Å². The van der Waals surface area contributed by atoms with Crippen molar-refractivity contribution in [2.75, 3.05) is 45.7 Å². The molecule has 36 heavy (non-hydrogen) atoms. The first kappa shape index (κ1) is 23.3. The number of rotatable bonds is 6. The van der Waals surface area contributed by atoms with Crippen LogP contribution in [0.1, 0.15) is 24.0 Å². The number of pyridine rings is 1. The van der Waals surface area contributed by atoms with Gasteiger partial charge in [-0.2, -0.15) is 4.31 Å². The number of hydrogen-bond acceptors (Lipinski definition) is 8. The number of likely N-dealkylation sites (tertiary alicyclic amines) is 1. The summed E-state index contributed by atoms with van der Waals surface area (Å²) in [5, 5.41) is 11.0. The van der Waals surface area contributed by atoms with E-state index < -0.39 is 10.0 Å². The minimum atomic E-state index is -3.78. The maximum atomic E-state index is 15.0. The van der Waals surface area contributed by atoms with Gasteiger partial charge in [-0.1, -0.05) is 0 Å². The lowest BCUT2D eigenvalue weighted by Crippen LogP contribution is -2.59. The average Bonchev–Trinajstić information content (AvgIpc) is 3.59. The summed E-state index contributed by atoms with van der Waals surface area (Å²) in [5.74, 6) is 0.338. The van der Waals surface area contributed by atoms with E-state index in [1.165, 1.54) is 17.5 Å². The van der Waals surface area contributed by atoms with Crippen LogP contribution in [0.3, 0.4) is 0 Å². The van der Waals surface area contributed by atoms with Crippen LogP contribution in [0.4, 0.5) is 16.0 Å². The molecule has 3 aliphatic rings. The van der Waals surface area contributed by atoms with E-state index >= 15 is 0 Å². The maximum Gasteiger partial charge on any atom is 0.278 e. The van der Waals surface area contributed by atoms with Crippen LogP contribution in [-0.2, 0) is 22.9 Å². The second-order valence-corrected chi connectivity index (χ2v) is 11.9. The minimum Gasteiger partial charge on any atom is -0.481 e. The zero-order valence-corrected chi connectivity index (χ0v) is 21.0. The number of anilines is 2. The molecule has 2 saturated heterocycles. The van der Waals surface area contributed by atoms with Crippen molar-refractivity contribution >= 4 is 21.7 Å². The number of hydrogen-bond donors (Lipinski definition) is 2. The number of halogens is 1. The number of nitrogens with one attached hydrogen (secondary N) is 2. The fraction of sp³-hybridized carbons (Fsp3) is 0.458. The van der Waals surface area contributed by atoms with Crippen LogP contribution in [0.5, 0.6) is 5.88 Å². The molecule has 0 unspecified atom stereocenters. The quantitative estimate of drug-likeness (QED) is 0.517. The highest BCUT2D eigenvalue weighted by Gasteiger charge is 2.51. The van der Waals surface area contributed by atoms with Crippen LogP contribution in [-0.4, -0.2) is 78.1 Å². The molecule has 2 N–H and O–H groups in total. The monoisotopic (exact) mass is 513 g/mol. The Morgan fingerprint density at radius 3 is 2.72 bits per heavy atom. The van der Waals surface area contributed by atoms with Crippen molar-refractivity contribution in [1.82, 2.24) is 29.4 Å². The largest absolute Gasteiger partial charge is 0.481 e. The Labute approximate surface area is 208 Å². The van der Waals surface area contributed by atoms with Gasteiger partial charge in [-0.25, -0.2) is 17.8 Å². The fourth-order valence-electron chi connectivity index (χ4n) is 5.74. The minimum absolute atomic E-state index is 0.0398. The van der Waals surface area contributed by atoms with E-state index in [4.69, 9.17) is 4.74 Å². The van der Waals surface area contributed by atoms with Crippen LogP contribution in [0.15, 0.2) is 29.6 Å². The molecule has 4 heterocycles. The first-order chi connectivity index (χ1) is 17.3. The van der Waals surface area contributed by atoms with Crippen molar-refractivity contribution in [1.29, 1.82) is 0 Å². The standard InChI is InChI=1S/C24H28FN7O3S/c1-31-9-7-24(12-31)13-32(14-24)36(33,34)23-28-22(29-30-23)27-21-17-5-3-4-16(17)19(25)11-18(21)15-6-8-26-20(10-15)35-2/h6,8,10-11H,3-5,7,9,12-14H2,1-2H3,(H2,27,28,29,30). The van der Waals surface area contributed by atoms with Gasteiger partial charge < -0.3 is 15.0 Å². The molecule has 0 amide bonds. The summed E-state index contributed by atoms with van der Waals surface area (Å²) in [6.45, 7) is 2.86. The van der Waals surface area contributed by atoms with Gasteiger partial charge in [0.1, 0.15) is 5.82 Å². The molecule has 2 fully saturated rings. The molecular weight excluding hydrogens is 485 g/mol. The maximum absolute atomic E-state index is 15.0. The molecule has 190 valence electrons.